The van der Waals surface area contributed by atoms with Gasteiger partial charge in [-0.25, -0.2) is 0 Å². The Balaban J connectivity index is 2.31. The fourth-order valence-corrected chi connectivity index (χ4v) is 2.64. The Morgan fingerprint density at radius 3 is 3.00 bits per heavy atom. The van der Waals surface area contributed by atoms with Crippen molar-refractivity contribution in [1.29, 1.82) is 0 Å². The zero-order valence-corrected chi connectivity index (χ0v) is 13.0. The Kier molecular flexibility index (Phi) is 4.82. The molecule has 4 nitrogen and oxygen atoms in total. The minimum atomic E-state index is -0.145. The largest absolute Gasteiger partial charge is 0.358 e. The molecule has 1 aromatic carbocycles. The predicted molar refractivity (Wildman–Crippen MR) is 81.6 cm³/mol. The molecule has 1 unspecified atom stereocenters. The number of carbonyl (C=O) groups excluding carboxylic acids is 1. The molecular formula is C14H20BrN3O. The highest BCUT2D eigenvalue weighted by Gasteiger charge is 2.27. The van der Waals surface area contributed by atoms with Crippen LogP contribution < -0.4 is 15.5 Å². The lowest BCUT2D eigenvalue weighted by molar-refractivity contribution is -0.121. The maximum absolute atomic E-state index is 12.1. The van der Waals surface area contributed by atoms with Gasteiger partial charge in [0.25, 0.3) is 0 Å². The molecule has 0 radical (unpaired) electrons. The van der Waals surface area contributed by atoms with Crippen molar-refractivity contribution in [2.75, 3.05) is 31.6 Å². The lowest BCUT2D eigenvalue weighted by Crippen LogP contribution is -2.49. The van der Waals surface area contributed by atoms with Crippen LogP contribution in [0.3, 0.4) is 0 Å². The van der Waals surface area contributed by atoms with E-state index in [4.69, 9.17) is 0 Å². The van der Waals surface area contributed by atoms with Gasteiger partial charge in [-0.05, 0) is 44.2 Å². The number of hydrogen-bond donors (Lipinski definition) is 2. The van der Waals surface area contributed by atoms with Crippen LogP contribution in [0.4, 0.5) is 5.69 Å². The summed E-state index contributed by atoms with van der Waals surface area (Å²) < 4.78 is 1.10. The highest BCUT2D eigenvalue weighted by Crippen LogP contribution is 2.25. The number of benzene rings is 1. The highest BCUT2D eigenvalue weighted by molar-refractivity contribution is 9.10. The quantitative estimate of drug-likeness (QED) is 0.888. The van der Waals surface area contributed by atoms with Gasteiger partial charge >= 0.3 is 0 Å². The summed E-state index contributed by atoms with van der Waals surface area (Å²) in [5.74, 6) is 0.104. The van der Waals surface area contributed by atoms with Crippen molar-refractivity contribution >= 4 is 27.5 Å². The molecule has 1 amide bonds. The van der Waals surface area contributed by atoms with Gasteiger partial charge in [0.15, 0.2) is 0 Å². The topological polar surface area (TPSA) is 44.4 Å². The van der Waals surface area contributed by atoms with Gasteiger partial charge in [0, 0.05) is 29.8 Å². The number of halogens is 1. The van der Waals surface area contributed by atoms with E-state index in [1.165, 1.54) is 5.56 Å². The molecule has 0 spiro atoms. The predicted octanol–water partition coefficient (Wildman–Crippen LogP) is 1.67. The van der Waals surface area contributed by atoms with Gasteiger partial charge in [0.2, 0.25) is 5.91 Å². The molecule has 1 saturated heterocycles. The van der Waals surface area contributed by atoms with Crippen molar-refractivity contribution in [3.05, 3.63) is 28.2 Å². The van der Waals surface area contributed by atoms with Gasteiger partial charge < -0.3 is 15.5 Å². The van der Waals surface area contributed by atoms with Gasteiger partial charge in [-0.3, -0.25) is 4.79 Å². The third-order valence-electron chi connectivity index (χ3n) is 3.42. The molecule has 0 saturated carbocycles. The fraction of sp³-hybridized carbons (Fsp3) is 0.500. The Labute approximate surface area is 122 Å². The number of rotatable bonds is 3. The second-order valence-corrected chi connectivity index (χ2v) is 5.70. The summed E-state index contributed by atoms with van der Waals surface area (Å²) >= 11 is 3.52. The number of nitrogens with one attached hydrogen (secondary N) is 2. The molecular weight excluding hydrogens is 306 g/mol. The maximum atomic E-state index is 12.1. The zero-order chi connectivity index (χ0) is 13.8. The molecule has 19 heavy (non-hydrogen) atoms. The van der Waals surface area contributed by atoms with E-state index >= 15 is 0 Å². The first-order valence-corrected chi connectivity index (χ1v) is 7.38. The third kappa shape index (κ3) is 3.28. The summed E-state index contributed by atoms with van der Waals surface area (Å²) in [4.78, 5) is 14.3. The summed E-state index contributed by atoms with van der Waals surface area (Å²) in [5.41, 5.74) is 2.29. The first-order chi connectivity index (χ1) is 9.13. The maximum Gasteiger partial charge on any atom is 0.244 e. The molecule has 1 aliphatic heterocycles. The average Bonchev–Trinajstić information content (AvgIpc) is 2.57. The van der Waals surface area contributed by atoms with E-state index in [9.17, 15) is 4.79 Å². The molecule has 0 aliphatic carbocycles. The van der Waals surface area contributed by atoms with Gasteiger partial charge in [-0.2, -0.15) is 0 Å². The van der Waals surface area contributed by atoms with Crippen LogP contribution in [0.15, 0.2) is 22.7 Å². The minimum Gasteiger partial charge on any atom is -0.358 e. The molecule has 0 bridgehead atoms. The van der Waals surface area contributed by atoms with Crippen LogP contribution in [-0.2, 0) is 4.79 Å². The van der Waals surface area contributed by atoms with Crippen LogP contribution in [0.2, 0.25) is 0 Å². The van der Waals surface area contributed by atoms with E-state index in [1.54, 1.807) is 0 Å². The van der Waals surface area contributed by atoms with E-state index in [1.807, 2.05) is 13.1 Å². The molecule has 1 aliphatic rings. The number of aryl methyl sites for hydroxylation is 1. The van der Waals surface area contributed by atoms with E-state index < -0.39 is 0 Å². The van der Waals surface area contributed by atoms with Crippen molar-refractivity contribution in [1.82, 2.24) is 10.6 Å². The van der Waals surface area contributed by atoms with Crippen LogP contribution >= 0.6 is 15.9 Å². The van der Waals surface area contributed by atoms with Crippen LogP contribution in [0.25, 0.3) is 0 Å². The fourth-order valence-electron chi connectivity index (χ4n) is 2.39. The molecule has 1 fully saturated rings. The van der Waals surface area contributed by atoms with E-state index in [0.717, 1.165) is 29.7 Å². The minimum absolute atomic E-state index is 0.104. The Morgan fingerprint density at radius 1 is 1.53 bits per heavy atom. The van der Waals surface area contributed by atoms with E-state index in [0.29, 0.717) is 6.54 Å². The van der Waals surface area contributed by atoms with Crippen molar-refractivity contribution < 1.29 is 4.79 Å². The van der Waals surface area contributed by atoms with Crippen LogP contribution in [-0.4, -0.2) is 38.6 Å². The molecule has 5 heteroatoms. The van der Waals surface area contributed by atoms with Gasteiger partial charge in [0.05, 0.1) is 0 Å². The lowest BCUT2D eigenvalue weighted by atomic mass is 10.1. The van der Waals surface area contributed by atoms with Crippen LogP contribution in [0, 0.1) is 6.92 Å². The number of amides is 1. The average molecular weight is 326 g/mol. The molecule has 1 aromatic rings. The van der Waals surface area contributed by atoms with Gasteiger partial charge in [0.1, 0.15) is 6.04 Å². The lowest BCUT2D eigenvalue weighted by Gasteiger charge is -2.30. The highest BCUT2D eigenvalue weighted by atomic mass is 79.9. The second kappa shape index (κ2) is 6.39. The molecule has 0 aromatic heterocycles. The van der Waals surface area contributed by atoms with Gasteiger partial charge in [-0.1, -0.05) is 15.9 Å². The number of hydrogen-bond acceptors (Lipinski definition) is 3. The summed E-state index contributed by atoms with van der Waals surface area (Å²) in [6.07, 6.45) is 0.973. The summed E-state index contributed by atoms with van der Waals surface area (Å²) in [6.45, 7) is 4.37. The van der Waals surface area contributed by atoms with Crippen LogP contribution in [0.1, 0.15) is 12.0 Å². The molecule has 2 N–H and O–H groups in total. The smallest absolute Gasteiger partial charge is 0.244 e. The summed E-state index contributed by atoms with van der Waals surface area (Å²) in [6, 6.07) is 6.10. The second-order valence-electron chi connectivity index (χ2n) is 4.84. The summed E-state index contributed by atoms with van der Waals surface area (Å²) in [7, 11) is 1.88. The van der Waals surface area contributed by atoms with Crippen LogP contribution in [0.5, 0.6) is 0 Å². The first kappa shape index (κ1) is 14.3. The molecule has 1 heterocycles. The first-order valence-electron chi connectivity index (χ1n) is 6.58. The zero-order valence-electron chi connectivity index (χ0n) is 11.4. The van der Waals surface area contributed by atoms with Crippen molar-refractivity contribution in [3.8, 4) is 0 Å². The summed E-state index contributed by atoms with van der Waals surface area (Å²) in [5, 5.41) is 6.08. The Hall–Kier alpha value is -1.07. The molecule has 1 atom stereocenters. The number of carbonyl (C=O) groups is 1. The number of anilines is 1. The van der Waals surface area contributed by atoms with Crippen molar-refractivity contribution in [2.24, 2.45) is 0 Å². The van der Waals surface area contributed by atoms with Crippen molar-refractivity contribution in [2.45, 2.75) is 19.4 Å². The number of nitrogens with zero attached hydrogens (tertiary/aromatic N) is 1. The van der Waals surface area contributed by atoms with E-state index in [-0.39, 0.29) is 11.9 Å². The standard InChI is InChI=1S/C14H20BrN3O/c1-10-8-11(4-5-12(10)15)18-7-3-6-17-14(19)13(18)9-16-2/h4-5,8,13,16H,3,6-7,9H2,1-2H3,(H,17,19). The van der Waals surface area contributed by atoms with E-state index in [2.05, 4.69) is 50.5 Å². The molecule has 104 valence electrons. The Bertz CT molecular complexity index is 464. The normalized spacial score (nSPS) is 20.1. The van der Waals surface area contributed by atoms with Crippen molar-refractivity contribution in [3.63, 3.8) is 0 Å². The monoisotopic (exact) mass is 325 g/mol. The third-order valence-corrected chi connectivity index (χ3v) is 4.31. The molecule has 2 rings (SSSR count). The Morgan fingerprint density at radius 2 is 2.32 bits per heavy atom. The SMILES string of the molecule is CNCC1C(=O)NCCCN1c1ccc(Br)c(C)c1. The van der Waals surface area contributed by atoms with Gasteiger partial charge in [-0.15, -0.1) is 0 Å². The number of likely N-dealkylation sites (N-methyl/N-ethyl adjacent to an activating group) is 1.